The second kappa shape index (κ2) is 6.83. The first-order valence-electron chi connectivity index (χ1n) is 7.79. The van der Waals surface area contributed by atoms with E-state index in [2.05, 4.69) is 10.5 Å². The maximum absolute atomic E-state index is 12.1. The second-order valence-corrected chi connectivity index (χ2v) is 5.82. The van der Waals surface area contributed by atoms with E-state index in [0.29, 0.717) is 25.3 Å². The third kappa shape index (κ3) is 3.53. The van der Waals surface area contributed by atoms with Gasteiger partial charge in [0.2, 0.25) is 5.76 Å². The van der Waals surface area contributed by atoms with Crippen LogP contribution >= 0.6 is 0 Å². The summed E-state index contributed by atoms with van der Waals surface area (Å²) in [6, 6.07) is 7.49. The number of carbonyl (C=O) groups is 1. The minimum atomic E-state index is -0.293. The molecule has 0 aliphatic carbocycles. The number of carbonyl (C=O) groups excluding carboxylic acids is 1. The molecule has 1 aliphatic rings. The van der Waals surface area contributed by atoms with Gasteiger partial charge in [-0.3, -0.25) is 4.79 Å². The first kappa shape index (κ1) is 15.6. The first-order chi connectivity index (χ1) is 11.2. The van der Waals surface area contributed by atoms with E-state index in [9.17, 15) is 4.79 Å². The molecule has 1 aromatic heterocycles. The number of rotatable bonds is 6. The van der Waals surface area contributed by atoms with Crippen LogP contribution in [-0.4, -0.2) is 35.9 Å². The quantitative estimate of drug-likeness (QED) is 0.852. The lowest BCUT2D eigenvalue weighted by atomic mass is 10.1. The zero-order valence-corrected chi connectivity index (χ0v) is 13.0. The van der Waals surface area contributed by atoms with Gasteiger partial charge in [-0.25, -0.2) is 0 Å². The predicted octanol–water partition coefficient (Wildman–Crippen LogP) is 2.02. The van der Waals surface area contributed by atoms with Crippen LogP contribution in [0.1, 0.15) is 29.5 Å². The lowest BCUT2D eigenvalue weighted by Crippen LogP contribution is -2.28. The lowest BCUT2D eigenvalue weighted by Gasteiger charge is -2.09. The number of hydrogen-bond acceptors (Lipinski definition) is 5. The molecular formula is C17H20N2O4. The molecule has 1 atom stereocenters. The van der Waals surface area contributed by atoms with Crippen LogP contribution in [0, 0.1) is 5.92 Å². The molecular weight excluding hydrogens is 296 g/mol. The molecule has 2 heterocycles. The molecule has 122 valence electrons. The average molecular weight is 316 g/mol. The monoisotopic (exact) mass is 316 g/mol. The van der Waals surface area contributed by atoms with Crippen LogP contribution in [0.2, 0.25) is 0 Å². The summed E-state index contributed by atoms with van der Waals surface area (Å²) in [4.78, 5) is 12.1. The molecule has 1 unspecified atom stereocenters. The molecule has 0 radical (unpaired) electrons. The fraction of sp³-hybridized carbons (Fsp3) is 0.412. The summed E-state index contributed by atoms with van der Waals surface area (Å²) in [5, 5.41) is 15.6. The van der Waals surface area contributed by atoms with Crippen molar-refractivity contribution in [3.05, 3.63) is 35.6 Å². The Hall–Kier alpha value is -2.34. The van der Waals surface area contributed by atoms with E-state index in [0.717, 1.165) is 23.3 Å². The summed E-state index contributed by atoms with van der Waals surface area (Å²) in [6.07, 6.45) is 1.54. The second-order valence-electron chi connectivity index (χ2n) is 5.82. The number of nitrogens with zero attached hydrogens (tertiary/aromatic N) is 1. The maximum Gasteiger partial charge on any atom is 0.289 e. The van der Waals surface area contributed by atoms with Crippen LogP contribution in [0.3, 0.4) is 0 Å². The zero-order valence-electron chi connectivity index (χ0n) is 13.0. The van der Waals surface area contributed by atoms with Crippen molar-refractivity contribution in [1.29, 1.82) is 0 Å². The molecule has 0 saturated heterocycles. The number of amides is 1. The van der Waals surface area contributed by atoms with E-state index in [4.69, 9.17) is 14.4 Å². The van der Waals surface area contributed by atoms with E-state index in [1.165, 1.54) is 0 Å². The molecule has 6 heteroatoms. The van der Waals surface area contributed by atoms with Gasteiger partial charge in [0.05, 0.1) is 6.61 Å². The molecule has 2 N–H and O–H groups in total. The molecule has 6 nitrogen and oxygen atoms in total. The Morgan fingerprint density at radius 2 is 2.30 bits per heavy atom. The highest BCUT2D eigenvalue weighted by atomic mass is 16.5. The van der Waals surface area contributed by atoms with Gasteiger partial charge in [0.1, 0.15) is 11.4 Å². The fourth-order valence-corrected chi connectivity index (χ4v) is 2.54. The number of ether oxygens (including phenoxy) is 1. The Balaban J connectivity index is 1.67. The van der Waals surface area contributed by atoms with Gasteiger partial charge >= 0.3 is 0 Å². The summed E-state index contributed by atoms with van der Waals surface area (Å²) >= 11 is 0. The van der Waals surface area contributed by atoms with Crippen molar-refractivity contribution in [3.8, 4) is 17.0 Å². The Morgan fingerprint density at radius 3 is 3.13 bits per heavy atom. The number of fused-ring (bicyclic) bond motifs is 1. The summed E-state index contributed by atoms with van der Waals surface area (Å²) < 4.78 is 10.6. The Bertz CT molecular complexity index is 696. The van der Waals surface area contributed by atoms with Crippen LogP contribution < -0.4 is 10.1 Å². The van der Waals surface area contributed by atoms with Crippen molar-refractivity contribution < 1.29 is 19.2 Å². The smallest absolute Gasteiger partial charge is 0.289 e. The highest BCUT2D eigenvalue weighted by Gasteiger charge is 2.17. The maximum atomic E-state index is 12.1. The fourth-order valence-electron chi connectivity index (χ4n) is 2.54. The van der Waals surface area contributed by atoms with Gasteiger partial charge in [0.15, 0.2) is 0 Å². The van der Waals surface area contributed by atoms with Crippen LogP contribution in [0.15, 0.2) is 28.8 Å². The van der Waals surface area contributed by atoms with E-state index in [1.54, 1.807) is 6.07 Å². The van der Waals surface area contributed by atoms with E-state index in [-0.39, 0.29) is 24.2 Å². The van der Waals surface area contributed by atoms with E-state index in [1.807, 2.05) is 25.1 Å². The number of aliphatic hydroxyl groups is 1. The number of benzene rings is 1. The third-order valence-electron chi connectivity index (χ3n) is 3.95. The molecule has 0 saturated carbocycles. The molecule has 1 amide bonds. The summed E-state index contributed by atoms with van der Waals surface area (Å²) in [7, 11) is 0. The SMILES string of the molecule is CC(CCO)CNC(=O)c1cc(-c2ccc3c(c2)CCO3)no1. The number of hydrogen-bond donors (Lipinski definition) is 2. The molecule has 1 aliphatic heterocycles. The number of aromatic nitrogens is 1. The molecule has 23 heavy (non-hydrogen) atoms. The van der Waals surface area contributed by atoms with Gasteiger partial charge in [0, 0.05) is 31.2 Å². The van der Waals surface area contributed by atoms with Crippen molar-refractivity contribution >= 4 is 5.91 Å². The molecule has 3 rings (SSSR count). The summed E-state index contributed by atoms with van der Waals surface area (Å²) in [6.45, 7) is 3.28. The van der Waals surface area contributed by atoms with Gasteiger partial charge < -0.3 is 19.7 Å². The molecule has 2 aromatic rings. The van der Waals surface area contributed by atoms with Gasteiger partial charge in [-0.05, 0) is 36.1 Å². The van der Waals surface area contributed by atoms with Crippen molar-refractivity contribution in [2.24, 2.45) is 5.92 Å². The Kier molecular flexibility index (Phi) is 4.62. The van der Waals surface area contributed by atoms with Crippen molar-refractivity contribution in [2.45, 2.75) is 19.8 Å². The normalized spacial score (nSPS) is 14.2. The average Bonchev–Trinajstić information content (AvgIpc) is 3.21. The lowest BCUT2D eigenvalue weighted by molar-refractivity contribution is 0.0908. The van der Waals surface area contributed by atoms with Gasteiger partial charge in [-0.15, -0.1) is 0 Å². The molecule has 1 aromatic carbocycles. The summed E-state index contributed by atoms with van der Waals surface area (Å²) in [5.41, 5.74) is 2.69. The van der Waals surface area contributed by atoms with Gasteiger partial charge in [-0.2, -0.15) is 0 Å². The zero-order chi connectivity index (χ0) is 16.2. The minimum Gasteiger partial charge on any atom is -0.493 e. The predicted molar refractivity (Wildman–Crippen MR) is 84.3 cm³/mol. The number of nitrogens with one attached hydrogen (secondary N) is 1. The van der Waals surface area contributed by atoms with Crippen LogP contribution in [0.4, 0.5) is 0 Å². The first-order valence-corrected chi connectivity index (χ1v) is 7.79. The van der Waals surface area contributed by atoms with Crippen molar-refractivity contribution in [2.75, 3.05) is 19.8 Å². The Morgan fingerprint density at radius 1 is 1.43 bits per heavy atom. The summed E-state index contributed by atoms with van der Waals surface area (Å²) in [5.74, 6) is 1.02. The topological polar surface area (TPSA) is 84.6 Å². The van der Waals surface area contributed by atoms with Crippen molar-refractivity contribution in [3.63, 3.8) is 0 Å². The molecule has 0 spiro atoms. The van der Waals surface area contributed by atoms with E-state index >= 15 is 0 Å². The van der Waals surface area contributed by atoms with Crippen LogP contribution in [0.25, 0.3) is 11.3 Å². The molecule has 0 bridgehead atoms. The van der Waals surface area contributed by atoms with Gasteiger partial charge in [-0.1, -0.05) is 12.1 Å². The highest BCUT2D eigenvalue weighted by molar-refractivity contribution is 5.92. The molecule has 0 fully saturated rings. The van der Waals surface area contributed by atoms with Crippen molar-refractivity contribution in [1.82, 2.24) is 10.5 Å². The minimum absolute atomic E-state index is 0.117. The third-order valence-corrected chi connectivity index (χ3v) is 3.95. The standard InChI is InChI=1S/C17H20N2O4/c1-11(4-6-20)10-18-17(21)16-9-14(19-23-16)12-2-3-15-13(8-12)5-7-22-15/h2-3,8-9,11,20H,4-7,10H2,1H3,(H,18,21). The largest absolute Gasteiger partial charge is 0.493 e. The Labute approximate surface area is 134 Å². The van der Waals surface area contributed by atoms with Crippen LogP contribution in [0.5, 0.6) is 5.75 Å². The van der Waals surface area contributed by atoms with Gasteiger partial charge in [0.25, 0.3) is 5.91 Å². The van der Waals surface area contributed by atoms with Crippen LogP contribution in [-0.2, 0) is 6.42 Å². The number of aliphatic hydroxyl groups excluding tert-OH is 1. The van der Waals surface area contributed by atoms with E-state index < -0.39 is 0 Å². The highest BCUT2D eigenvalue weighted by Crippen LogP contribution is 2.30.